The van der Waals surface area contributed by atoms with Crippen molar-refractivity contribution >= 4 is 13.6 Å². The van der Waals surface area contributed by atoms with Crippen LogP contribution in [-0.2, 0) is 29.1 Å². The molecule has 6 nitrogen and oxygen atoms in total. The van der Waals surface area contributed by atoms with Crippen LogP contribution in [0.1, 0.15) is 121 Å². The van der Waals surface area contributed by atoms with Crippen molar-refractivity contribution < 1.29 is 29.1 Å². The summed E-state index contributed by atoms with van der Waals surface area (Å²) in [6.07, 6.45) is 9.44. The molecule has 0 aliphatic heterocycles. The Balaban J connectivity index is -0.000000134. The molecule has 0 rings (SSSR count). The van der Waals surface area contributed by atoms with Gasteiger partial charge in [0.25, 0.3) is 0 Å². The van der Waals surface area contributed by atoms with E-state index in [1.165, 1.54) is 12.8 Å². The quantitative estimate of drug-likeness (QED) is 0.109. The zero-order valence-corrected chi connectivity index (χ0v) is 25.1. The van der Waals surface area contributed by atoms with Crippen LogP contribution in [0.4, 0.5) is 0 Å². The summed E-state index contributed by atoms with van der Waals surface area (Å²) in [5.74, 6) is 0. The fourth-order valence-electron chi connectivity index (χ4n) is 2.46. The monoisotopic (exact) mass is 556 g/mol. The molecule has 0 bridgehead atoms. The second-order valence-electron chi connectivity index (χ2n) is 8.94. The van der Waals surface area contributed by atoms with Gasteiger partial charge in [-0.2, -0.15) is 13.1 Å². The van der Waals surface area contributed by atoms with Gasteiger partial charge >= 0.3 is 19.5 Å². The van der Waals surface area contributed by atoms with Crippen LogP contribution >= 0.6 is 0 Å². The van der Waals surface area contributed by atoms with Gasteiger partial charge in [-0.05, 0) is 0 Å². The van der Waals surface area contributed by atoms with Gasteiger partial charge in [-0.25, -0.2) is 12.3 Å². The van der Waals surface area contributed by atoms with Gasteiger partial charge in [0, 0.05) is 0 Å². The number of hydrogen-bond donors (Lipinski definition) is 0. The van der Waals surface area contributed by atoms with E-state index in [9.17, 15) is 0 Å². The summed E-state index contributed by atoms with van der Waals surface area (Å²) in [7, 11) is 0. The first-order valence-electron chi connectivity index (χ1n) is 12.4. The molecule has 0 saturated heterocycles. The van der Waals surface area contributed by atoms with Crippen molar-refractivity contribution in [3.05, 3.63) is 21.3 Å². The van der Waals surface area contributed by atoms with E-state index in [-0.39, 0.29) is 42.9 Å². The summed E-state index contributed by atoms with van der Waals surface area (Å²) in [6, 6.07) is 0. The van der Waals surface area contributed by atoms with Gasteiger partial charge < -0.3 is 30.9 Å². The van der Waals surface area contributed by atoms with Crippen LogP contribution in [0.5, 0.6) is 0 Å². The zero-order valence-electron chi connectivity index (χ0n) is 23.3. The number of carbonyl (C=O) groups excluding carboxylic acids is 2. The van der Waals surface area contributed by atoms with Crippen LogP contribution in [0.25, 0.3) is 21.3 Å². The summed E-state index contributed by atoms with van der Waals surface area (Å²) in [6.45, 7) is 30.3. The van der Waals surface area contributed by atoms with E-state index < -0.39 is 0 Å². The van der Waals surface area contributed by atoms with Crippen molar-refractivity contribution in [2.75, 3.05) is 13.1 Å². The SMILES string of the molecule is CCC[N-]C(CCC)[N-]C(C)(C)CC.CCC[N-]C(CCC)[N-]C(C)(C)CC.[CH-]=O.[CH-]=O.[Ru+6]. The molecule has 0 aliphatic carbocycles. The number of rotatable bonds is 16. The molecule has 0 saturated carbocycles. The second-order valence-corrected chi connectivity index (χ2v) is 8.94. The van der Waals surface area contributed by atoms with Crippen molar-refractivity contribution in [1.82, 2.24) is 0 Å². The Bertz CT molecular complexity index is 338. The van der Waals surface area contributed by atoms with Crippen molar-refractivity contribution in [3.8, 4) is 0 Å². The zero-order chi connectivity index (χ0) is 26.1. The van der Waals surface area contributed by atoms with Gasteiger partial charge in [0.2, 0.25) is 0 Å². The molecule has 7 heteroatoms. The molecule has 0 fully saturated rings. The van der Waals surface area contributed by atoms with Gasteiger partial charge in [-0.3, -0.25) is 13.6 Å². The van der Waals surface area contributed by atoms with E-state index in [1.54, 1.807) is 0 Å². The third-order valence-corrected chi connectivity index (χ3v) is 4.95. The topological polar surface area (TPSA) is 90.5 Å². The minimum Gasteiger partial charge on any atom is -0.678 e. The first-order valence-corrected chi connectivity index (χ1v) is 12.4. The predicted octanol–water partition coefficient (Wildman–Crippen LogP) is 8.37. The van der Waals surface area contributed by atoms with E-state index >= 15 is 0 Å². The van der Waals surface area contributed by atoms with E-state index in [4.69, 9.17) is 20.2 Å². The first kappa shape index (κ1) is 42.9. The van der Waals surface area contributed by atoms with E-state index in [0.29, 0.717) is 0 Å². The summed E-state index contributed by atoms with van der Waals surface area (Å²) in [5, 5.41) is 18.8. The maximum absolute atomic E-state index is 7.75. The fourth-order valence-corrected chi connectivity index (χ4v) is 2.46. The summed E-state index contributed by atoms with van der Waals surface area (Å²) >= 11 is 0. The van der Waals surface area contributed by atoms with E-state index in [2.05, 4.69) is 93.4 Å². The molecule has 0 aromatic heterocycles. The molecule has 33 heavy (non-hydrogen) atoms. The molecule has 0 aromatic rings. The summed E-state index contributed by atoms with van der Waals surface area (Å²) in [4.78, 5) is 15.5. The smallest absolute Gasteiger partial charge is 0.678 e. The molecule has 2 unspecified atom stereocenters. The largest absolute Gasteiger partial charge is 6.00 e. The molecule has 0 heterocycles. The van der Waals surface area contributed by atoms with Gasteiger partial charge in [-0.1, -0.05) is 121 Å². The van der Waals surface area contributed by atoms with Crippen LogP contribution in [0.3, 0.4) is 0 Å². The van der Waals surface area contributed by atoms with Crippen LogP contribution < -0.4 is 0 Å². The standard InChI is InChI=1S/2C12H26N2.2CHO.Ru/c2*1-6-9-11(13-10-7-2)14-12(4,5)8-3;2*1-2;/h2*11H,6-10H2,1-5H3;2*1H;/q2*-2;2*-1;+6. The first-order chi connectivity index (χ1) is 15.1. The molecule has 0 amide bonds. The van der Waals surface area contributed by atoms with Crippen molar-refractivity contribution in [1.29, 1.82) is 0 Å². The minimum atomic E-state index is 0. The Kier molecular flexibility index (Phi) is 38.8. The van der Waals surface area contributed by atoms with Gasteiger partial charge in [0.05, 0.1) is 0 Å². The summed E-state index contributed by atoms with van der Waals surface area (Å²) in [5.41, 5.74) is 0.189. The maximum Gasteiger partial charge on any atom is 6.00 e. The Morgan fingerprint density at radius 3 is 1.03 bits per heavy atom. The normalized spacial score (nSPS) is 12.4. The van der Waals surface area contributed by atoms with Gasteiger partial charge in [0.1, 0.15) is 0 Å². The maximum atomic E-state index is 7.75. The fraction of sp³-hybridized carbons (Fsp3) is 0.923. The molecule has 0 aromatic carbocycles. The molecule has 0 N–H and O–H groups in total. The molecule has 0 aliphatic rings. The predicted molar refractivity (Wildman–Crippen MR) is 143 cm³/mol. The Labute approximate surface area is 220 Å². The van der Waals surface area contributed by atoms with E-state index in [0.717, 1.165) is 51.6 Å². The van der Waals surface area contributed by atoms with Crippen LogP contribution in [0.15, 0.2) is 0 Å². The van der Waals surface area contributed by atoms with Crippen molar-refractivity contribution in [3.63, 3.8) is 0 Å². The van der Waals surface area contributed by atoms with Crippen molar-refractivity contribution in [2.24, 2.45) is 0 Å². The van der Waals surface area contributed by atoms with Gasteiger partial charge in [0.15, 0.2) is 0 Å². The minimum absolute atomic E-state index is 0. The molecular weight excluding hydrogens is 501 g/mol. The number of hydrogen-bond acceptors (Lipinski definition) is 2. The third-order valence-electron chi connectivity index (χ3n) is 4.95. The molecular formula is C26H54N4O2Ru. The molecule has 0 radical (unpaired) electrons. The Morgan fingerprint density at radius 1 is 0.576 bits per heavy atom. The third kappa shape index (κ3) is 31.8. The molecule has 0 spiro atoms. The van der Waals surface area contributed by atoms with Gasteiger partial charge in [-0.15, -0.1) is 11.1 Å². The van der Waals surface area contributed by atoms with Crippen LogP contribution in [-0.4, -0.2) is 50.1 Å². The Morgan fingerprint density at radius 2 is 0.848 bits per heavy atom. The van der Waals surface area contributed by atoms with Crippen LogP contribution in [0.2, 0.25) is 0 Å². The van der Waals surface area contributed by atoms with Crippen molar-refractivity contribution in [2.45, 2.75) is 144 Å². The molecule has 198 valence electrons. The second kappa shape index (κ2) is 29.8. The Hall–Kier alpha value is -0.197. The van der Waals surface area contributed by atoms with Crippen LogP contribution in [0, 0.1) is 0 Å². The summed E-state index contributed by atoms with van der Waals surface area (Å²) < 4.78 is 0. The molecule has 2 atom stereocenters. The van der Waals surface area contributed by atoms with E-state index in [1.807, 2.05) is 0 Å². The average molecular weight is 556 g/mol. The number of nitrogens with zero attached hydrogens (tertiary/aromatic N) is 4. The average Bonchev–Trinajstić information content (AvgIpc) is 2.79.